The lowest BCUT2D eigenvalue weighted by molar-refractivity contribution is -0.128. The lowest BCUT2D eigenvalue weighted by Crippen LogP contribution is -2.49. The van der Waals surface area contributed by atoms with Crippen LogP contribution in [0.5, 0.6) is 5.75 Å². The third-order valence-corrected chi connectivity index (χ3v) is 6.84. The van der Waals surface area contributed by atoms with Crippen LogP contribution >= 0.6 is 0 Å². The highest BCUT2D eigenvalue weighted by Crippen LogP contribution is 2.29. The number of benzene rings is 3. The molecule has 0 saturated carbocycles. The van der Waals surface area contributed by atoms with Crippen molar-refractivity contribution in [3.05, 3.63) is 102 Å². The molecule has 9 nitrogen and oxygen atoms in total. The number of hydrogen-bond donors (Lipinski definition) is 3. The summed E-state index contributed by atoms with van der Waals surface area (Å²) in [6, 6.07) is 27.9. The number of piperazine rings is 1. The lowest BCUT2D eigenvalue weighted by atomic mass is 9.96. The first kappa shape index (κ1) is 28.8. The second-order valence-corrected chi connectivity index (χ2v) is 9.59. The first-order valence-corrected chi connectivity index (χ1v) is 13.7. The van der Waals surface area contributed by atoms with Crippen LogP contribution in [0.2, 0.25) is 0 Å². The summed E-state index contributed by atoms with van der Waals surface area (Å²) < 4.78 is 5.36. The zero-order valence-corrected chi connectivity index (χ0v) is 22.8. The van der Waals surface area contributed by atoms with Crippen LogP contribution in [0.3, 0.4) is 0 Å². The summed E-state index contributed by atoms with van der Waals surface area (Å²) in [5.41, 5.74) is 7.75. The van der Waals surface area contributed by atoms with Crippen molar-refractivity contribution >= 4 is 17.7 Å². The maximum absolute atomic E-state index is 12.3. The van der Waals surface area contributed by atoms with E-state index in [1.807, 2.05) is 19.1 Å². The fraction of sp³-hybridized carbons (Fsp3) is 0.323. The van der Waals surface area contributed by atoms with Crippen LogP contribution < -0.4 is 20.9 Å². The number of ether oxygens (including phenoxy) is 1. The van der Waals surface area contributed by atoms with Crippen molar-refractivity contribution in [2.24, 2.45) is 0 Å². The van der Waals surface area contributed by atoms with Gasteiger partial charge in [-0.2, -0.15) is 0 Å². The number of hydrogen-bond acceptors (Lipinski definition) is 6. The Balaban J connectivity index is 1.15. The molecule has 3 amide bonds. The Morgan fingerprint density at radius 2 is 1.35 bits per heavy atom. The molecule has 0 aliphatic carbocycles. The third kappa shape index (κ3) is 8.39. The monoisotopic (exact) mass is 543 g/mol. The number of carbonyl (C=O) groups excluding carboxylic acids is 3. The summed E-state index contributed by atoms with van der Waals surface area (Å²) in [6.45, 7) is 6.26. The van der Waals surface area contributed by atoms with Gasteiger partial charge >= 0.3 is 0 Å². The van der Waals surface area contributed by atoms with Gasteiger partial charge in [0.25, 0.3) is 11.8 Å². The van der Waals surface area contributed by atoms with Crippen LogP contribution in [0.1, 0.15) is 40.9 Å². The Morgan fingerprint density at radius 1 is 0.775 bits per heavy atom. The van der Waals surface area contributed by atoms with Gasteiger partial charge in [0.2, 0.25) is 5.91 Å². The Kier molecular flexibility index (Phi) is 10.7. The van der Waals surface area contributed by atoms with Gasteiger partial charge in [-0.3, -0.25) is 30.1 Å². The molecule has 0 radical (unpaired) electrons. The van der Waals surface area contributed by atoms with Gasteiger partial charge in [-0.05, 0) is 42.3 Å². The highest BCUT2D eigenvalue weighted by atomic mass is 16.5. The van der Waals surface area contributed by atoms with Crippen molar-refractivity contribution in [1.29, 1.82) is 0 Å². The van der Waals surface area contributed by atoms with E-state index in [2.05, 4.69) is 74.5 Å². The zero-order valence-electron chi connectivity index (χ0n) is 22.8. The molecule has 0 aromatic heterocycles. The molecule has 4 rings (SSSR count). The Hall–Kier alpha value is -4.21. The molecule has 1 fully saturated rings. The number of carbonyl (C=O) groups is 3. The second kappa shape index (κ2) is 14.8. The van der Waals surface area contributed by atoms with E-state index in [0.29, 0.717) is 24.5 Å². The average molecular weight is 544 g/mol. The van der Waals surface area contributed by atoms with Crippen molar-refractivity contribution in [2.45, 2.75) is 19.4 Å². The molecule has 0 bridgehead atoms. The Morgan fingerprint density at radius 3 is 1.93 bits per heavy atom. The van der Waals surface area contributed by atoms with E-state index < -0.39 is 5.91 Å². The predicted molar refractivity (Wildman–Crippen MR) is 154 cm³/mol. The molecule has 0 atom stereocenters. The summed E-state index contributed by atoms with van der Waals surface area (Å²) in [5, 5.41) is 2.54. The molecule has 40 heavy (non-hydrogen) atoms. The molecule has 1 heterocycles. The van der Waals surface area contributed by atoms with Crippen molar-refractivity contribution in [3.63, 3.8) is 0 Å². The van der Waals surface area contributed by atoms with Crippen LogP contribution in [-0.4, -0.2) is 73.4 Å². The maximum atomic E-state index is 12.3. The predicted octanol–water partition coefficient (Wildman–Crippen LogP) is 2.76. The van der Waals surface area contributed by atoms with E-state index in [9.17, 15) is 14.4 Å². The van der Waals surface area contributed by atoms with Crippen LogP contribution in [-0.2, 0) is 9.59 Å². The number of rotatable bonds is 11. The van der Waals surface area contributed by atoms with Crippen LogP contribution in [0.15, 0.2) is 84.9 Å². The molecule has 0 unspecified atom stereocenters. The maximum Gasteiger partial charge on any atom is 0.257 e. The van der Waals surface area contributed by atoms with Crippen LogP contribution in [0, 0.1) is 0 Å². The van der Waals surface area contributed by atoms with Gasteiger partial charge in [-0.15, -0.1) is 0 Å². The molecule has 1 saturated heterocycles. The summed E-state index contributed by atoms with van der Waals surface area (Å²) in [5.74, 6) is -0.496. The molecule has 210 valence electrons. The van der Waals surface area contributed by atoms with Gasteiger partial charge in [0.15, 0.2) is 0 Å². The van der Waals surface area contributed by atoms with Gasteiger partial charge in [-0.25, -0.2) is 0 Å². The van der Waals surface area contributed by atoms with Crippen molar-refractivity contribution in [1.82, 2.24) is 26.0 Å². The van der Waals surface area contributed by atoms with Gasteiger partial charge < -0.3 is 15.0 Å². The Labute approximate surface area is 235 Å². The van der Waals surface area contributed by atoms with Crippen molar-refractivity contribution in [3.8, 4) is 5.75 Å². The molecule has 3 aromatic rings. The topological polar surface area (TPSA) is 103 Å². The van der Waals surface area contributed by atoms with E-state index in [4.69, 9.17) is 4.74 Å². The standard InChI is InChI=1S/C31H37N5O4/c1-2-40-27-15-13-26(14-16-27)31(39)32-23-29(38)34-33-28(37)17-18-35-19-21-36(22-20-35)30(24-9-5-3-6-10-24)25-11-7-4-8-12-25/h3-16,30H,2,17-23H2,1H3,(H,32,39)(H,33,37)(H,34,38). The van der Waals surface area contributed by atoms with Crippen LogP contribution in [0.25, 0.3) is 0 Å². The summed E-state index contributed by atoms with van der Waals surface area (Å²) in [7, 11) is 0. The fourth-order valence-electron chi connectivity index (χ4n) is 4.77. The first-order valence-electron chi connectivity index (χ1n) is 13.7. The third-order valence-electron chi connectivity index (χ3n) is 6.84. The SMILES string of the molecule is CCOc1ccc(C(=O)NCC(=O)NNC(=O)CCN2CCN(C(c3ccccc3)c3ccccc3)CC2)cc1. The molecule has 3 aromatic carbocycles. The van der Waals surface area contributed by atoms with Crippen molar-refractivity contribution < 1.29 is 19.1 Å². The van der Waals surface area contributed by atoms with E-state index in [-0.39, 0.29) is 30.8 Å². The minimum Gasteiger partial charge on any atom is -0.494 e. The zero-order chi connectivity index (χ0) is 28.2. The number of nitrogens with one attached hydrogen (secondary N) is 3. The minimum absolute atomic E-state index is 0.193. The smallest absolute Gasteiger partial charge is 0.257 e. The largest absolute Gasteiger partial charge is 0.494 e. The lowest BCUT2D eigenvalue weighted by Gasteiger charge is -2.39. The normalized spacial score (nSPS) is 13.9. The van der Waals surface area contributed by atoms with Gasteiger partial charge in [0.1, 0.15) is 5.75 Å². The average Bonchev–Trinajstić information content (AvgIpc) is 3.00. The second-order valence-electron chi connectivity index (χ2n) is 9.59. The minimum atomic E-state index is -0.505. The van der Waals surface area contributed by atoms with Crippen molar-refractivity contribution in [2.75, 3.05) is 45.9 Å². The molecule has 1 aliphatic heterocycles. The summed E-state index contributed by atoms with van der Waals surface area (Å²) in [6.07, 6.45) is 0.264. The van der Waals surface area contributed by atoms with Crippen LogP contribution in [0.4, 0.5) is 0 Å². The first-order chi connectivity index (χ1) is 19.5. The quantitative estimate of drug-likeness (QED) is 0.322. The van der Waals surface area contributed by atoms with Gasteiger partial charge in [-0.1, -0.05) is 60.7 Å². The van der Waals surface area contributed by atoms with E-state index in [1.165, 1.54) is 11.1 Å². The van der Waals surface area contributed by atoms with E-state index >= 15 is 0 Å². The van der Waals surface area contributed by atoms with Gasteiger partial charge in [0, 0.05) is 44.7 Å². The number of nitrogens with zero attached hydrogens (tertiary/aromatic N) is 2. The van der Waals surface area contributed by atoms with E-state index in [0.717, 1.165) is 26.2 Å². The molecular weight excluding hydrogens is 506 g/mol. The molecule has 1 aliphatic rings. The number of hydrazine groups is 1. The molecular formula is C31H37N5O4. The highest BCUT2D eigenvalue weighted by molar-refractivity contribution is 5.96. The van der Waals surface area contributed by atoms with E-state index in [1.54, 1.807) is 24.3 Å². The summed E-state index contributed by atoms with van der Waals surface area (Å²) >= 11 is 0. The number of amides is 3. The molecule has 0 spiro atoms. The molecule has 9 heteroatoms. The Bertz CT molecular complexity index is 1190. The van der Waals surface area contributed by atoms with Gasteiger partial charge in [0.05, 0.1) is 19.2 Å². The summed E-state index contributed by atoms with van der Waals surface area (Å²) in [4.78, 5) is 41.4. The highest BCUT2D eigenvalue weighted by Gasteiger charge is 2.26. The molecule has 3 N–H and O–H groups in total. The fourth-order valence-corrected chi connectivity index (χ4v) is 4.77.